The summed E-state index contributed by atoms with van der Waals surface area (Å²) in [5.41, 5.74) is 0.703. The second-order valence-corrected chi connectivity index (χ2v) is 7.08. The van der Waals surface area contributed by atoms with Crippen molar-refractivity contribution in [2.45, 2.75) is 32.4 Å². The summed E-state index contributed by atoms with van der Waals surface area (Å²) in [6.45, 7) is 4.75. The van der Waals surface area contributed by atoms with Gasteiger partial charge in [-0.3, -0.25) is 9.69 Å². The Balaban J connectivity index is 2.11. The van der Waals surface area contributed by atoms with E-state index in [2.05, 4.69) is 0 Å². The quantitative estimate of drug-likeness (QED) is 0.893. The summed E-state index contributed by atoms with van der Waals surface area (Å²) in [6, 6.07) is 14.0. The molecule has 2 aromatic carbocycles. The minimum atomic E-state index is -1.11. The number of nitrogens with zero attached hydrogens (tertiary/aromatic N) is 1. The van der Waals surface area contributed by atoms with Crippen molar-refractivity contribution in [1.29, 1.82) is 0 Å². The Bertz CT molecular complexity index is 795. The number of carbonyl (C=O) groups excluding carboxylic acids is 1. The number of aliphatic carboxylic acids is 1. The predicted molar refractivity (Wildman–Crippen MR) is 95.4 cm³/mol. The zero-order valence-corrected chi connectivity index (χ0v) is 14.9. The Hall–Kier alpha value is -3.02. The molecule has 3 rings (SSSR count). The van der Waals surface area contributed by atoms with Crippen molar-refractivity contribution in [3.8, 4) is 11.5 Å². The van der Waals surface area contributed by atoms with E-state index in [1.807, 2.05) is 36.4 Å². The first kappa shape index (κ1) is 17.8. The highest BCUT2D eigenvalue weighted by atomic mass is 16.6. The van der Waals surface area contributed by atoms with Gasteiger partial charge >= 0.3 is 12.1 Å². The van der Waals surface area contributed by atoms with Crippen LogP contribution in [0.2, 0.25) is 0 Å². The molecule has 0 aromatic heterocycles. The molecule has 0 saturated heterocycles. The van der Waals surface area contributed by atoms with E-state index in [0.717, 1.165) is 11.1 Å². The molecule has 1 amide bonds. The fourth-order valence-electron chi connectivity index (χ4n) is 2.95. The first-order chi connectivity index (χ1) is 12.3. The highest BCUT2D eigenvalue weighted by molar-refractivity contribution is 5.78. The van der Waals surface area contributed by atoms with Gasteiger partial charge in [0.15, 0.2) is 0 Å². The van der Waals surface area contributed by atoms with Gasteiger partial charge < -0.3 is 14.6 Å². The molecule has 0 saturated carbocycles. The summed E-state index contributed by atoms with van der Waals surface area (Å²) in [4.78, 5) is 25.5. The Labute approximate surface area is 152 Å². The van der Waals surface area contributed by atoms with Crippen molar-refractivity contribution >= 4 is 12.1 Å². The summed E-state index contributed by atoms with van der Waals surface area (Å²) in [7, 11) is 0. The SMILES string of the molecule is CC(C)(C)OC(=O)N(CC(=O)O)C1c2ccccc2Oc2ccccc21. The van der Waals surface area contributed by atoms with E-state index < -0.39 is 30.3 Å². The maximum absolute atomic E-state index is 12.8. The second kappa shape index (κ2) is 6.71. The predicted octanol–water partition coefficient (Wildman–Crippen LogP) is 4.20. The van der Waals surface area contributed by atoms with Crippen molar-refractivity contribution < 1.29 is 24.2 Å². The number of carbonyl (C=O) groups is 2. The molecule has 1 heterocycles. The zero-order valence-electron chi connectivity index (χ0n) is 14.9. The summed E-state index contributed by atoms with van der Waals surface area (Å²) < 4.78 is 11.4. The molecular weight excluding hydrogens is 334 g/mol. The fourth-order valence-corrected chi connectivity index (χ4v) is 2.95. The molecule has 0 spiro atoms. The van der Waals surface area contributed by atoms with Crippen LogP contribution in [0.25, 0.3) is 0 Å². The Morgan fingerprint density at radius 3 is 2.00 bits per heavy atom. The van der Waals surface area contributed by atoms with Gasteiger partial charge in [-0.05, 0) is 32.9 Å². The lowest BCUT2D eigenvalue weighted by Crippen LogP contribution is -2.43. The lowest BCUT2D eigenvalue weighted by molar-refractivity contribution is -0.138. The molecule has 0 fully saturated rings. The van der Waals surface area contributed by atoms with Crippen LogP contribution in [0, 0.1) is 0 Å². The van der Waals surface area contributed by atoms with Gasteiger partial charge in [0.25, 0.3) is 0 Å². The van der Waals surface area contributed by atoms with E-state index >= 15 is 0 Å². The van der Waals surface area contributed by atoms with Crippen molar-refractivity contribution in [1.82, 2.24) is 4.90 Å². The van der Waals surface area contributed by atoms with Crippen molar-refractivity contribution in [3.05, 3.63) is 59.7 Å². The number of hydrogen-bond acceptors (Lipinski definition) is 4. The lowest BCUT2D eigenvalue weighted by Gasteiger charge is -2.36. The normalized spacial score (nSPS) is 13.2. The summed E-state index contributed by atoms with van der Waals surface area (Å²) >= 11 is 0. The van der Waals surface area contributed by atoms with Gasteiger partial charge in [-0.2, -0.15) is 0 Å². The first-order valence-electron chi connectivity index (χ1n) is 8.33. The smallest absolute Gasteiger partial charge is 0.411 e. The van der Waals surface area contributed by atoms with Crippen LogP contribution in [0.1, 0.15) is 37.9 Å². The van der Waals surface area contributed by atoms with Crippen LogP contribution in [0.3, 0.4) is 0 Å². The Morgan fingerprint density at radius 2 is 1.54 bits per heavy atom. The molecule has 0 unspecified atom stereocenters. The molecule has 1 aliphatic rings. The van der Waals surface area contributed by atoms with Gasteiger partial charge in [0.2, 0.25) is 0 Å². The van der Waals surface area contributed by atoms with E-state index in [1.54, 1.807) is 32.9 Å². The molecule has 1 aliphatic heterocycles. The molecule has 0 aliphatic carbocycles. The molecule has 0 radical (unpaired) electrons. The van der Waals surface area contributed by atoms with Crippen LogP contribution in [0.15, 0.2) is 48.5 Å². The number of rotatable bonds is 3. The number of benzene rings is 2. The molecule has 1 N–H and O–H groups in total. The maximum atomic E-state index is 12.8. The summed E-state index contributed by atoms with van der Waals surface area (Å²) in [5.74, 6) is 0.0719. The molecular formula is C20H21NO5. The molecule has 26 heavy (non-hydrogen) atoms. The molecule has 136 valence electrons. The van der Waals surface area contributed by atoms with E-state index in [9.17, 15) is 14.7 Å². The number of amides is 1. The van der Waals surface area contributed by atoms with Gasteiger partial charge in [0.1, 0.15) is 23.6 Å². The Morgan fingerprint density at radius 1 is 1.04 bits per heavy atom. The van der Waals surface area contributed by atoms with Gasteiger partial charge in [-0.15, -0.1) is 0 Å². The molecule has 0 atom stereocenters. The van der Waals surface area contributed by atoms with Crippen LogP contribution < -0.4 is 4.74 Å². The fraction of sp³-hybridized carbons (Fsp3) is 0.300. The number of carboxylic acid groups (broad SMARTS) is 1. The minimum absolute atomic E-state index is 0.484. The van der Waals surface area contributed by atoms with Crippen molar-refractivity contribution in [3.63, 3.8) is 0 Å². The molecule has 6 nitrogen and oxygen atoms in total. The average molecular weight is 355 g/mol. The van der Waals surface area contributed by atoms with Crippen LogP contribution in [0.4, 0.5) is 4.79 Å². The third-order valence-electron chi connectivity index (χ3n) is 3.89. The molecule has 6 heteroatoms. The molecule has 2 aromatic rings. The largest absolute Gasteiger partial charge is 0.480 e. The van der Waals surface area contributed by atoms with Crippen LogP contribution in [-0.4, -0.2) is 34.2 Å². The number of para-hydroxylation sites is 2. The van der Waals surface area contributed by atoms with Gasteiger partial charge in [0, 0.05) is 11.1 Å². The topological polar surface area (TPSA) is 76.1 Å². The van der Waals surface area contributed by atoms with E-state index in [4.69, 9.17) is 9.47 Å². The van der Waals surface area contributed by atoms with Gasteiger partial charge in [-0.25, -0.2) is 4.79 Å². The third-order valence-corrected chi connectivity index (χ3v) is 3.89. The minimum Gasteiger partial charge on any atom is -0.480 e. The number of hydrogen-bond donors (Lipinski definition) is 1. The number of fused-ring (bicyclic) bond motifs is 2. The van der Waals surface area contributed by atoms with Crippen molar-refractivity contribution in [2.24, 2.45) is 0 Å². The van der Waals surface area contributed by atoms with Crippen molar-refractivity contribution in [2.75, 3.05) is 6.54 Å². The summed E-state index contributed by atoms with van der Waals surface area (Å²) in [5, 5.41) is 9.38. The number of ether oxygens (including phenoxy) is 2. The first-order valence-corrected chi connectivity index (χ1v) is 8.33. The van der Waals surface area contributed by atoms with Crippen LogP contribution in [-0.2, 0) is 9.53 Å². The summed E-state index contributed by atoms with van der Waals surface area (Å²) in [6.07, 6.45) is -0.684. The van der Waals surface area contributed by atoms with Crippen LogP contribution >= 0.6 is 0 Å². The van der Waals surface area contributed by atoms with Crippen LogP contribution in [0.5, 0.6) is 11.5 Å². The van der Waals surface area contributed by atoms with Gasteiger partial charge in [0.05, 0.1) is 6.04 Å². The standard InChI is InChI=1S/C20H21NO5/c1-20(2,3)26-19(24)21(12-17(22)23)18-13-8-4-6-10-15(13)25-16-11-7-5-9-14(16)18/h4-11,18H,12H2,1-3H3,(H,22,23). The Kier molecular flexibility index (Phi) is 4.59. The molecule has 0 bridgehead atoms. The van der Waals surface area contributed by atoms with E-state index in [-0.39, 0.29) is 0 Å². The highest BCUT2D eigenvalue weighted by Gasteiger charge is 2.37. The average Bonchev–Trinajstić information content (AvgIpc) is 2.56. The number of carboxylic acids is 1. The zero-order chi connectivity index (χ0) is 18.9. The monoisotopic (exact) mass is 355 g/mol. The highest BCUT2D eigenvalue weighted by Crippen LogP contribution is 2.45. The van der Waals surface area contributed by atoms with Gasteiger partial charge in [-0.1, -0.05) is 36.4 Å². The van der Waals surface area contributed by atoms with E-state index in [1.165, 1.54) is 4.90 Å². The van der Waals surface area contributed by atoms with E-state index in [0.29, 0.717) is 11.5 Å². The lowest BCUT2D eigenvalue weighted by atomic mass is 9.93. The third kappa shape index (κ3) is 3.64. The second-order valence-electron chi connectivity index (χ2n) is 7.08. The maximum Gasteiger partial charge on any atom is 0.411 e.